The molecule has 0 bridgehead atoms. The SMILES string of the molecule is CC1(C)c2ccccc2-c2cc(N(c3ccc(-c4ccccc4)cc3)c3ccc(-c4ccccc4)cc3)c3cccc(-c4ccccc4)c3c21. The van der Waals surface area contributed by atoms with Crippen molar-refractivity contribution in [1.82, 2.24) is 0 Å². The summed E-state index contributed by atoms with van der Waals surface area (Å²) in [6.07, 6.45) is 0. The van der Waals surface area contributed by atoms with Gasteiger partial charge in [0.15, 0.2) is 0 Å². The first kappa shape index (κ1) is 29.9. The van der Waals surface area contributed by atoms with Crippen LogP contribution >= 0.6 is 0 Å². The van der Waals surface area contributed by atoms with Crippen LogP contribution in [0.2, 0.25) is 0 Å². The van der Waals surface area contributed by atoms with E-state index < -0.39 is 0 Å². The molecule has 0 saturated carbocycles. The number of hydrogen-bond acceptors (Lipinski definition) is 1. The third kappa shape index (κ3) is 4.94. The van der Waals surface area contributed by atoms with Crippen molar-refractivity contribution in [3.05, 3.63) is 199 Å². The Morgan fingerprint density at radius 3 is 1.40 bits per heavy atom. The molecule has 1 heteroatoms. The molecule has 0 fully saturated rings. The number of hydrogen-bond donors (Lipinski definition) is 0. The minimum atomic E-state index is -0.160. The zero-order chi connectivity index (χ0) is 33.7. The third-order valence-corrected chi connectivity index (χ3v) is 10.4. The van der Waals surface area contributed by atoms with Crippen LogP contribution in [-0.2, 0) is 5.41 Å². The van der Waals surface area contributed by atoms with E-state index in [2.05, 4.69) is 207 Å². The van der Waals surface area contributed by atoms with Crippen molar-refractivity contribution in [2.45, 2.75) is 19.3 Å². The fourth-order valence-corrected chi connectivity index (χ4v) is 8.05. The summed E-state index contributed by atoms with van der Waals surface area (Å²) in [6, 6.07) is 68.5. The van der Waals surface area contributed by atoms with E-state index in [1.165, 1.54) is 72.1 Å². The van der Waals surface area contributed by atoms with Gasteiger partial charge in [-0.3, -0.25) is 0 Å². The van der Waals surface area contributed by atoms with Crippen LogP contribution in [0.3, 0.4) is 0 Å². The van der Waals surface area contributed by atoms with Crippen LogP contribution in [0.15, 0.2) is 188 Å². The van der Waals surface area contributed by atoms with Crippen molar-refractivity contribution >= 4 is 27.8 Å². The maximum absolute atomic E-state index is 2.45. The summed E-state index contributed by atoms with van der Waals surface area (Å²) in [5.41, 5.74) is 16.0. The Kier molecular flexibility index (Phi) is 7.21. The summed E-state index contributed by atoms with van der Waals surface area (Å²) in [5, 5.41) is 2.56. The first-order valence-electron chi connectivity index (χ1n) is 17.4. The molecule has 1 nitrogen and oxygen atoms in total. The second-order valence-electron chi connectivity index (χ2n) is 13.7. The lowest BCUT2D eigenvalue weighted by Crippen LogP contribution is -2.17. The quantitative estimate of drug-likeness (QED) is 0.175. The highest BCUT2D eigenvalue weighted by atomic mass is 15.1. The van der Waals surface area contributed by atoms with E-state index in [9.17, 15) is 0 Å². The molecule has 0 amide bonds. The summed E-state index contributed by atoms with van der Waals surface area (Å²) in [7, 11) is 0. The van der Waals surface area contributed by atoms with Crippen molar-refractivity contribution in [3.63, 3.8) is 0 Å². The van der Waals surface area contributed by atoms with Crippen molar-refractivity contribution < 1.29 is 0 Å². The molecule has 8 aromatic carbocycles. The molecular weight excluding hydrogens is 603 g/mol. The van der Waals surface area contributed by atoms with Crippen LogP contribution < -0.4 is 4.90 Å². The normalized spacial score (nSPS) is 12.8. The highest BCUT2D eigenvalue weighted by Crippen LogP contribution is 2.56. The van der Waals surface area contributed by atoms with Gasteiger partial charge in [-0.25, -0.2) is 0 Å². The van der Waals surface area contributed by atoms with Crippen LogP contribution in [0.1, 0.15) is 25.0 Å². The number of benzene rings is 8. The van der Waals surface area contributed by atoms with Crippen molar-refractivity contribution in [2.24, 2.45) is 0 Å². The van der Waals surface area contributed by atoms with Gasteiger partial charge in [0.25, 0.3) is 0 Å². The van der Waals surface area contributed by atoms with Crippen LogP contribution in [0, 0.1) is 0 Å². The zero-order valence-electron chi connectivity index (χ0n) is 28.3. The Balaban J connectivity index is 1.33. The Morgan fingerprint density at radius 2 is 0.840 bits per heavy atom. The summed E-state index contributed by atoms with van der Waals surface area (Å²) >= 11 is 0. The van der Waals surface area contributed by atoms with Gasteiger partial charge in [0.2, 0.25) is 0 Å². The van der Waals surface area contributed by atoms with E-state index >= 15 is 0 Å². The predicted molar refractivity (Wildman–Crippen MR) is 213 cm³/mol. The fraction of sp³-hybridized carbons (Fsp3) is 0.0612. The van der Waals surface area contributed by atoms with Crippen LogP contribution in [0.4, 0.5) is 17.1 Å². The summed E-state index contributed by atoms with van der Waals surface area (Å²) in [4.78, 5) is 2.45. The van der Waals surface area contributed by atoms with E-state index in [-0.39, 0.29) is 5.41 Å². The molecule has 0 aliphatic heterocycles. The molecule has 0 N–H and O–H groups in total. The Labute approximate surface area is 294 Å². The van der Waals surface area contributed by atoms with Gasteiger partial charge in [-0.15, -0.1) is 0 Å². The number of fused-ring (bicyclic) bond motifs is 5. The lowest BCUT2D eigenvalue weighted by atomic mass is 9.78. The molecule has 0 aromatic heterocycles. The average molecular weight is 640 g/mol. The molecular formula is C49H37N. The van der Waals surface area contributed by atoms with Crippen molar-refractivity contribution in [3.8, 4) is 44.5 Å². The van der Waals surface area contributed by atoms with E-state index in [4.69, 9.17) is 0 Å². The first-order chi connectivity index (χ1) is 24.6. The van der Waals surface area contributed by atoms with Gasteiger partial charge in [0.1, 0.15) is 0 Å². The second-order valence-corrected chi connectivity index (χ2v) is 13.7. The maximum Gasteiger partial charge on any atom is 0.0546 e. The smallest absolute Gasteiger partial charge is 0.0546 e. The van der Waals surface area contributed by atoms with Gasteiger partial charge < -0.3 is 4.90 Å². The van der Waals surface area contributed by atoms with Gasteiger partial charge in [-0.05, 0) is 91.4 Å². The maximum atomic E-state index is 2.45. The summed E-state index contributed by atoms with van der Waals surface area (Å²) in [5.74, 6) is 0. The molecule has 50 heavy (non-hydrogen) atoms. The molecule has 0 spiro atoms. The second kappa shape index (κ2) is 12.1. The molecule has 0 atom stereocenters. The fourth-order valence-electron chi connectivity index (χ4n) is 8.05. The van der Waals surface area contributed by atoms with Gasteiger partial charge in [0, 0.05) is 22.2 Å². The average Bonchev–Trinajstić information content (AvgIpc) is 3.42. The molecule has 0 heterocycles. The number of anilines is 3. The van der Waals surface area contributed by atoms with Crippen LogP contribution in [0.5, 0.6) is 0 Å². The minimum absolute atomic E-state index is 0.160. The molecule has 0 saturated heterocycles. The first-order valence-corrected chi connectivity index (χ1v) is 17.4. The lowest BCUT2D eigenvalue weighted by molar-refractivity contribution is 0.666. The molecule has 1 aliphatic carbocycles. The topological polar surface area (TPSA) is 3.24 Å². The number of rotatable bonds is 6. The highest BCUT2D eigenvalue weighted by molar-refractivity contribution is 6.12. The van der Waals surface area contributed by atoms with Crippen molar-refractivity contribution in [1.29, 1.82) is 0 Å². The van der Waals surface area contributed by atoms with E-state index in [1.807, 2.05) is 0 Å². The monoisotopic (exact) mass is 639 g/mol. The highest BCUT2D eigenvalue weighted by Gasteiger charge is 2.38. The van der Waals surface area contributed by atoms with Crippen LogP contribution in [-0.4, -0.2) is 0 Å². The molecule has 9 rings (SSSR count). The largest absolute Gasteiger partial charge is 0.310 e. The van der Waals surface area contributed by atoms with Gasteiger partial charge in [0.05, 0.1) is 5.69 Å². The van der Waals surface area contributed by atoms with Gasteiger partial charge in [-0.2, -0.15) is 0 Å². The third-order valence-electron chi connectivity index (χ3n) is 10.4. The Bertz CT molecular complexity index is 2380. The predicted octanol–water partition coefficient (Wildman–Crippen LogP) is 13.6. The van der Waals surface area contributed by atoms with E-state index in [1.54, 1.807) is 0 Å². The zero-order valence-corrected chi connectivity index (χ0v) is 28.3. The minimum Gasteiger partial charge on any atom is -0.310 e. The molecule has 0 radical (unpaired) electrons. The molecule has 8 aromatic rings. The standard InChI is InChI=1S/C49H37N/c1-49(2)45-24-13-12-21-42(45)44-33-46(43-23-14-22-41(47(43)48(44)49)38-19-10-5-11-20-38)50(39-29-25-36(26-30-39)34-15-6-3-7-16-34)40-31-27-37(28-32-40)35-17-8-4-9-18-35/h3-33H,1-2H3. The lowest BCUT2D eigenvalue weighted by Gasteiger charge is -2.30. The summed E-state index contributed by atoms with van der Waals surface area (Å²) < 4.78 is 0. The molecule has 238 valence electrons. The molecule has 1 aliphatic rings. The number of nitrogens with zero attached hydrogens (tertiary/aromatic N) is 1. The van der Waals surface area contributed by atoms with Crippen molar-refractivity contribution in [2.75, 3.05) is 4.90 Å². The van der Waals surface area contributed by atoms with Crippen LogP contribution in [0.25, 0.3) is 55.3 Å². The van der Waals surface area contributed by atoms with E-state index in [0.717, 1.165) is 11.4 Å². The van der Waals surface area contributed by atoms with Gasteiger partial charge >= 0.3 is 0 Å². The summed E-state index contributed by atoms with van der Waals surface area (Å²) in [6.45, 7) is 4.78. The van der Waals surface area contributed by atoms with Gasteiger partial charge in [-0.1, -0.05) is 172 Å². The molecule has 0 unspecified atom stereocenters. The van der Waals surface area contributed by atoms with E-state index in [0.29, 0.717) is 0 Å². The Morgan fingerprint density at radius 1 is 0.380 bits per heavy atom. The Hall–Kier alpha value is -6.18.